The van der Waals surface area contributed by atoms with Crippen LogP contribution in [0.1, 0.15) is 22.3 Å². The van der Waals surface area contributed by atoms with Crippen LogP contribution in [0.25, 0.3) is 0 Å². The van der Waals surface area contributed by atoms with Gasteiger partial charge in [0, 0.05) is 24.7 Å². The Kier molecular flexibility index (Phi) is 5.72. The van der Waals surface area contributed by atoms with Crippen molar-refractivity contribution in [1.29, 1.82) is 0 Å². The molecule has 1 aliphatic rings. The van der Waals surface area contributed by atoms with Gasteiger partial charge in [-0.15, -0.1) is 0 Å². The minimum absolute atomic E-state index is 0.0542. The predicted molar refractivity (Wildman–Crippen MR) is 107 cm³/mol. The highest BCUT2D eigenvalue weighted by Crippen LogP contribution is 2.36. The summed E-state index contributed by atoms with van der Waals surface area (Å²) in [6.07, 6.45) is 0.0542. The third-order valence-electron chi connectivity index (χ3n) is 4.91. The molecule has 8 nitrogen and oxygen atoms in total. The van der Waals surface area contributed by atoms with Crippen LogP contribution in [-0.4, -0.2) is 43.7 Å². The maximum atomic E-state index is 12.7. The molecule has 0 radical (unpaired) electrons. The van der Waals surface area contributed by atoms with Crippen molar-refractivity contribution in [2.45, 2.75) is 13.3 Å². The van der Waals surface area contributed by atoms with Gasteiger partial charge in [-0.25, -0.2) is 4.79 Å². The van der Waals surface area contributed by atoms with Crippen LogP contribution < -0.4 is 19.7 Å². The fourth-order valence-electron chi connectivity index (χ4n) is 3.30. The average molecular weight is 398 g/mol. The molecule has 3 rings (SSSR count). The minimum Gasteiger partial charge on any atom is -0.497 e. The molecule has 2 amide bonds. The van der Waals surface area contributed by atoms with Gasteiger partial charge in [0.05, 0.1) is 31.4 Å². The maximum absolute atomic E-state index is 12.7. The second-order valence-corrected chi connectivity index (χ2v) is 6.77. The number of hydrogen-bond acceptors (Lipinski definition) is 5. The Balaban J connectivity index is 1.76. The van der Waals surface area contributed by atoms with Gasteiger partial charge in [-0.1, -0.05) is 6.07 Å². The molecule has 1 aliphatic heterocycles. The molecule has 2 aromatic rings. The summed E-state index contributed by atoms with van der Waals surface area (Å²) in [5, 5.41) is 11.9. The van der Waals surface area contributed by atoms with Crippen LogP contribution in [0.2, 0.25) is 0 Å². The number of rotatable bonds is 6. The number of carboxylic acids is 1. The molecule has 1 fully saturated rings. The van der Waals surface area contributed by atoms with Gasteiger partial charge < -0.3 is 24.8 Å². The Morgan fingerprint density at radius 2 is 1.90 bits per heavy atom. The summed E-state index contributed by atoms with van der Waals surface area (Å²) < 4.78 is 10.5. The number of nitrogens with zero attached hydrogens (tertiary/aromatic N) is 1. The zero-order valence-corrected chi connectivity index (χ0v) is 16.4. The van der Waals surface area contributed by atoms with E-state index in [-0.39, 0.29) is 30.3 Å². The average Bonchev–Trinajstić information content (AvgIpc) is 3.10. The molecule has 1 atom stereocenters. The molecule has 0 saturated carbocycles. The smallest absolute Gasteiger partial charge is 0.336 e. The SMILES string of the molecule is COc1ccc(N2CC(C(=O)Nc3ccc(C)c(C(=O)O)c3)CC2=O)c(OC)c1. The van der Waals surface area contributed by atoms with Crippen LogP contribution in [0.4, 0.5) is 11.4 Å². The Morgan fingerprint density at radius 1 is 1.14 bits per heavy atom. The van der Waals surface area contributed by atoms with Gasteiger partial charge in [0.1, 0.15) is 11.5 Å². The zero-order valence-electron chi connectivity index (χ0n) is 16.4. The van der Waals surface area contributed by atoms with Crippen LogP contribution in [0.3, 0.4) is 0 Å². The van der Waals surface area contributed by atoms with Crippen molar-refractivity contribution in [3.8, 4) is 11.5 Å². The number of carbonyl (C=O) groups excluding carboxylic acids is 2. The monoisotopic (exact) mass is 398 g/mol. The fraction of sp³-hybridized carbons (Fsp3) is 0.286. The highest BCUT2D eigenvalue weighted by molar-refractivity contribution is 6.04. The van der Waals surface area contributed by atoms with Gasteiger partial charge in [0.2, 0.25) is 11.8 Å². The molecule has 1 heterocycles. The van der Waals surface area contributed by atoms with E-state index in [1.54, 1.807) is 37.3 Å². The fourth-order valence-corrected chi connectivity index (χ4v) is 3.30. The highest BCUT2D eigenvalue weighted by Gasteiger charge is 2.36. The number of amides is 2. The van der Waals surface area contributed by atoms with Crippen molar-refractivity contribution < 1.29 is 29.0 Å². The molecule has 8 heteroatoms. The zero-order chi connectivity index (χ0) is 21.1. The Labute approximate surface area is 168 Å². The van der Waals surface area contributed by atoms with Crippen molar-refractivity contribution in [3.63, 3.8) is 0 Å². The number of carbonyl (C=O) groups is 3. The van der Waals surface area contributed by atoms with Gasteiger partial charge in [0.15, 0.2) is 0 Å². The number of hydrogen-bond donors (Lipinski definition) is 2. The van der Waals surface area contributed by atoms with Gasteiger partial charge in [-0.05, 0) is 36.8 Å². The second-order valence-electron chi connectivity index (χ2n) is 6.77. The molecule has 2 aromatic carbocycles. The Bertz CT molecular complexity index is 972. The van der Waals surface area contributed by atoms with Crippen LogP contribution in [-0.2, 0) is 9.59 Å². The van der Waals surface area contributed by atoms with Crippen LogP contribution in [0.15, 0.2) is 36.4 Å². The molecule has 1 saturated heterocycles. The number of aryl methyl sites for hydroxylation is 1. The maximum Gasteiger partial charge on any atom is 0.336 e. The van der Waals surface area contributed by atoms with Gasteiger partial charge in [0.25, 0.3) is 0 Å². The summed E-state index contributed by atoms with van der Waals surface area (Å²) in [5.74, 6) is -1.09. The van der Waals surface area contributed by atoms with Gasteiger partial charge in [-0.2, -0.15) is 0 Å². The topological polar surface area (TPSA) is 105 Å². The largest absolute Gasteiger partial charge is 0.497 e. The van der Waals surface area contributed by atoms with Crippen molar-refractivity contribution in [2.75, 3.05) is 31.0 Å². The summed E-state index contributed by atoms with van der Waals surface area (Å²) in [6.45, 7) is 1.88. The molecule has 0 spiro atoms. The lowest BCUT2D eigenvalue weighted by atomic mass is 10.1. The van der Waals surface area contributed by atoms with E-state index >= 15 is 0 Å². The molecule has 0 aromatic heterocycles. The van der Waals surface area contributed by atoms with Crippen molar-refractivity contribution in [2.24, 2.45) is 5.92 Å². The molecular weight excluding hydrogens is 376 g/mol. The van der Waals surface area contributed by atoms with Crippen LogP contribution in [0.5, 0.6) is 11.5 Å². The third kappa shape index (κ3) is 4.16. The van der Waals surface area contributed by atoms with E-state index in [0.29, 0.717) is 28.4 Å². The molecule has 152 valence electrons. The van der Waals surface area contributed by atoms with E-state index in [2.05, 4.69) is 5.32 Å². The number of ether oxygens (including phenoxy) is 2. The molecule has 0 aliphatic carbocycles. The molecule has 2 N–H and O–H groups in total. The number of carboxylic acid groups (broad SMARTS) is 1. The number of methoxy groups -OCH3 is 2. The minimum atomic E-state index is -1.06. The quantitative estimate of drug-likeness (QED) is 0.775. The van der Waals surface area contributed by atoms with Gasteiger partial charge in [-0.3, -0.25) is 9.59 Å². The summed E-state index contributed by atoms with van der Waals surface area (Å²) in [7, 11) is 3.04. The highest BCUT2D eigenvalue weighted by atomic mass is 16.5. The summed E-state index contributed by atoms with van der Waals surface area (Å²) in [6, 6.07) is 9.80. The van der Waals surface area contributed by atoms with E-state index in [1.165, 1.54) is 25.2 Å². The van der Waals surface area contributed by atoms with E-state index in [9.17, 15) is 19.5 Å². The number of benzene rings is 2. The summed E-state index contributed by atoms with van der Waals surface area (Å²) in [4.78, 5) is 38.0. The Hall–Kier alpha value is -3.55. The number of anilines is 2. The number of nitrogens with one attached hydrogen (secondary N) is 1. The first kappa shape index (κ1) is 20.2. The molecular formula is C21H22N2O6. The first-order chi connectivity index (χ1) is 13.8. The lowest BCUT2D eigenvalue weighted by molar-refractivity contribution is -0.122. The van der Waals surface area contributed by atoms with Crippen LogP contribution in [0, 0.1) is 12.8 Å². The standard InChI is InChI=1S/C21H22N2O6/c1-12-4-5-14(9-16(12)21(26)27)22-20(25)13-8-19(24)23(11-13)17-7-6-15(28-2)10-18(17)29-3/h4-7,9-10,13H,8,11H2,1-3H3,(H,22,25)(H,26,27). The lowest BCUT2D eigenvalue weighted by Gasteiger charge is -2.20. The van der Waals surface area contributed by atoms with Crippen molar-refractivity contribution in [3.05, 3.63) is 47.5 Å². The summed E-state index contributed by atoms with van der Waals surface area (Å²) >= 11 is 0. The number of aromatic carboxylic acids is 1. The summed E-state index contributed by atoms with van der Waals surface area (Å²) in [5.41, 5.74) is 1.67. The van der Waals surface area contributed by atoms with Crippen molar-refractivity contribution >= 4 is 29.2 Å². The third-order valence-corrected chi connectivity index (χ3v) is 4.91. The molecule has 0 bridgehead atoms. The first-order valence-electron chi connectivity index (χ1n) is 9.01. The normalized spacial score (nSPS) is 15.9. The second kappa shape index (κ2) is 8.22. The van der Waals surface area contributed by atoms with E-state index < -0.39 is 11.9 Å². The van der Waals surface area contributed by atoms with Crippen molar-refractivity contribution in [1.82, 2.24) is 0 Å². The lowest BCUT2D eigenvalue weighted by Crippen LogP contribution is -2.28. The van der Waals surface area contributed by atoms with E-state index in [1.807, 2.05) is 0 Å². The Morgan fingerprint density at radius 3 is 2.55 bits per heavy atom. The van der Waals surface area contributed by atoms with Crippen LogP contribution >= 0.6 is 0 Å². The van der Waals surface area contributed by atoms with E-state index in [4.69, 9.17) is 9.47 Å². The first-order valence-corrected chi connectivity index (χ1v) is 9.01. The van der Waals surface area contributed by atoms with Gasteiger partial charge >= 0.3 is 5.97 Å². The van der Waals surface area contributed by atoms with E-state index in [0.717, 1.165) is 0 Å². The predicted octanol–water partition coefficient (Wildman–Crippen LogP) is 2.70. The molecule has 29 heavy (non-hydrogen) atoms. The molecule has 1 unspecified atom stereocenters.